The van der Waals surface area contributed by atoms with E-state index in [-0.39, 0.29) is 24.7 Å². The molecule has 1 aromatic carbocycles. The summed E-state index contributed by atoms with van der Waals surface area (Å²) in [6, 6.07) is 13.9. The molecule has 170 valence electrons. The Balaban J connectivity index is 1.27. The van der Waals surface area contributed by atoms with Crippen molar-refractivity contribution in [3.05, 3.63) is 71.9 Å². The highest BCUT2D eigenvalue weighted by Crippen LogP contribution is 2.40. The lowest BCUT2D eigenvalue weighted by Gasteiger charge is -2.15. The predicted octanol–water partition coefficient (Wildman–Crippen LogP) is 3.55. The van der Waals surface area contributed by atoms with Crippen molar-refractivity contribution in [3.8, 4) is 0 Å². The number of aromatic nitrogens is 1. The molecule has 1 saturated heterocycles. The first-order valence-electron chi connectivity index (χ1n) is 11.1. The first-order chi connectivity index (χ1) is 16.0. The molecule has 1 aliphatic heterocycles. The van der Waals surface area contributed by atoms with Crippen molar-refractivity contribution < 1.29 is 19.1 Å². The summed E-state index contributed by atoms with van der Waals surface area (Å²) in [5.74, 6) is 0.552. The third-order valence-corrected chi connectivity index (χ3v) is 6.10. The van der Waals surface area contributed by atoms with Gasteiger partial charge in [-0.1, -0.05) is 36.4 Å². The maximum atomic E-state index is 12.7. The fourth-order valence-corrected chi connectivity index (χ4v) is 4.33. The van der Waals surface area contributed by atoms with E-state index in [2.05, 4.69) is 45.4 Å². The van der Waals surface area contributed by atoms with Crippen LogP contribution >= 0.6 is 0 Å². The van der Waals surface area contributed by atoms with E-state index in [4.69, 9.17) is 0 Å². The van der Waals surface area contributed by atoms with Crippen LogP contribution in [0.15, 0.2) is 60.8 Å². The molecule has 2 amide bonds. The van der Waals surface area contributed by atoms with E-state index in [1.807, 2.05) is 11.0 Å². The lowest BCUT2D eigenvalue weighted by atomic mass is 9.98. The molecule has 7 heteroatoms. The van der Waals surface area contributed by atoms with Crippen LogP contribution in [0.4, 0.5) is 5.82 Å². The molecule has 1 fully saturated rings. The number of amides is 2. The maximum absolute atomic E-state index is 12.7. The molecule has 0 radical (unpaired) electrons. The van der Waals surface area contributed by atoms with Crippen LogP contribution in [-0.2, 0) is 19.1 Å². The maximum Gasteiger partial charge on any atom is 0.306 e. The molecular weight excluding hydrogens is 418 g/mol. The van der Waals surface area contributed by atoms with E-state index in [0.717, 1.165) is 25.1 Å². The molecule has 0 saturated carbocycles. The van der Waals surface area contributed by atoms with Crippen LogP contribution in [0.3, 0.4) is 0 Å². The number of methoxy groups -OCH3 is 1. The normalized spacial score (nSPS) is 19.3. The summed E-state index contributed by atoms with van der Waals surface area (Å²) >= 11 is 0. The minimum Gasteiger partial charge on any atom is -0.469 e. The van der Waals surface area contributed by atoms with Gasteiger partial charge in [0.25, 0.3) is 0 Å². The highest BCUT2D eigenvalue weighted by atomic mass is 16.5. The van der Waals surface area contributed by atoms with E-state index in [1.54, 1.807) is 30.5 Å². The monoisotopic (exact) mass is 445 g/mol. The lowest BCUT2D eigenvalue weighted by molar-refractivity contribution is -0.141. The summed E-state index contributed by atoms with van der Waals surface area (Å²) in [4.78, 5) is 41.7. The van der Waals surface area contributed by atoms with Crippen LogP contribution in [-0.4, -0.2) is 47.9 Å². The molecule has 0 bridgehead atoms. The molecule has 2 unspecified atom stereocenters. The second-order valence-corrected chi connectivity index (χ2v) is 8.36. The van der Waals surface area contributed by atoms with Crippen molar-refractivity contribution in [1.82, 2.24) is 9.88 Å². The zero-order chi connectivity index (χ0) is 23.2. The number of carbonyl (C=O) groups is 3. The second-order valence-electron chi connectivity index (χ2n) is 8.36. The van der Waals surface area contributed by atoms with Crippen LogP contribution in [0, 0.1) is 11.8 Å². The number of benzene rings is 1. The molecule has 1 aromatic heterocycles. The van der Waals surface area contributed by atoms with Gasteiger partial charge in [-0.25, -0.2) is 4.98 Å². The number of hydrogen-bond donors (Lipinski definition) is 1. The second kappa shape index (κ2) is 10.3. The highest BCUT2D eigenvalue weighted by Gasteiger charge is 2.37. The Morgan fingerprint density at radius 1 is 1.12 bits per heavy atom. The molecule has 7 nitrogen and oxygen atoms in total. The smallest absolute Gasteiger partial charge is 0.306 e. The molecule has 2 aromatic rings. The van der Waals surface area contributed by atoms with Crippen LogP contribution in [0.2, 0.25) is 0 Å². The van der Waals surface area contributed by atoms with E-state index in [9.17, 15) is 14.4 Å². The fraction of sp³-hybridized carbons (Fsp3) is 0.308. The van der Waals surface area contributed by atoms with Crippen molar-refractivity contribution >= 4 is 35.3 Å². The Labute approximate surface area is 193 Å². The number of rotatable bonds is 7. The number of nitrogens with one attached hydrogen (secondary N) is 1. The van der Waals surface area contributed by atoms with Crippen molar-refractivity contribution in [1.29, 1.82) is 0 Å². The van der Waals surface area contributed by atoms with Crippen LogP contribution in [0.1, 0.15) is 30.4 Å². The summed E-state index contributed by atoms with van der Waals surface area (Å²) < 4.78 is 4.52. The van der Waals surface area contributed by atoms with Crippen LogP contribution in [0.25, 0.3) is 11.6 Å². The standard InChI is InChI=1S/C26H27N3O4/c1-33-26(32)12-10-24(30)28-23-9-7-18(15-27-23)8-11-25(31)29-16-21-13-20(14-22(21)17-29)19-5-3-2-4-6-19/h2-9,11,13,15,21-22H,10,12,14,16-17H2,1H3,(H,27,28,30). The van der Waals surface area contributed by atoms with Gasteiger partial charge in [-0.15, -0.1) is 0 Å². The quantitative estimate of drug-likeness (QED) is 0.520. The first-order valence-corrected chi connectivity index (χ1v) is 11.1. The molecule has 1 N–H and O–H groups in total. The average Bonchev–Trinajstić information content (AvgIpc) is 3.42. The summed E-state index contributed by atoms with van der Waals surface area (Å²) in [5, 5.41) is 2.63. The minimum atomic E-state index is -0.433. The van der Waals surface area contributed by atoms with Gasteiger partial charge in [0, 0.05) is 31.8 Å². The molecule has 33 heavy (non-hydrogen) atoms. The summed E-state index contributed by atoms with van der Waals surface area (Å²) in [6.07, 6.45) is 8.30. The van der Waals surface area contributed by atoms with Crippen LogP contribution in [0.5, 0.6) is 0 Å². The largest absolute Gasteiger partial charge is 0.469 e. The van der Waals surface area contributed by atoms with Gasteiger partial charge in [0.1, 0.15) is 5.82 Å². The number of fused-ring (bicyclic) bond motifs is 1. The lowest BCUT2D eigenvalue weighted by Crippen LogP contribution is -2.27. The number of hydrogen-bond acceptors (Lipinski definition) is 5. The van der Waals surface area contributed by atoms with Crippen molar-refractivity contribution in [3.63, 3.8) is 0 Å². The molecule has 2 atom stereocenters. The number of anilines is 1. The van der Waals surface area contributed by atoms with E-state index < -0.39 is 5.97 Å². The Morgan fingerprint density at radius 2 is 1.94 bits per heavy atom. The first kappa shape index (κ1) is 22.5. The van der Waals surface area contributed by atoms with Gasteiger partial charge in [-0.05, 0) is 53.2 Å². The van der Waals surface area contributed by atoms with Crippen molar-refractivity contribution in [2.75, 3.05) is 25.5 Å². The number of carbonyl (C=O) groups excluding carboxylic acids is 3. The number of esters is 1. The SMILES string of the molecule is COC(=O)CCC(=O)Nc1ccc(C=CC(=O)N2CC3C=C(c4ccccc4)CC3C2)cn1. The summed E-state index contributed by atoms with van der Waals surface area (Å²) in [6.45, 7) is 1.52. The Bertz CT molecular complexity index is 1080. The highest BCUT2D eigenvalue weighted by molar-refractivity contribution is 5.93. The van der Waals surface area contributed by atoms with Gasteiger partial charge in [0.15, 0.2) is 0 Å². The third kappa shape index (κ3) is 5.74. The topological polar surface area (TPSA) is 88.6 Å². The summed E-state index contributed by atoms with van der Waals surface area (Å²) in [7, 11) is 1.28. The number of ether oxygens (including phenoxy) is 1. The van der Waals surface area contributed by atoms with Gasteiger partial charge in [0.05, 0.1) is 13.5 Å². The summed E-state index contributed by atoms with van der Waals surface area (Å²) in [5.41, 5.74) is 3.43. The van der Waals surface area contributed by atoms with Gasteiger partial charge in [-0.2, -0.15) is 0 Å². The van der Waals surface area contributed by atoms with Gasteiger partial charge < -0.3 is 15.0 Å². The fourth-order valence-electron chi connectivity index (χ4n) is 4.33. The average molecular weight is 446 g/mol. The van der Waals surface area contributed by atoms with Crippen molar-refractivity contribution in [2.24, 2.45) is 11.8 Å². The number of pyridine rings is 1. The molecule has 0 spiro atoms. The minimum absolute atomic E-state index is 0.000694. The van der Waals surface area contributed by atoms with Crippen LogP contribution < -0.4 is 5.32 Å². The molecule has 4 rings (SSSR count). The van der Waals surface area contributed by atoms with Gasteiger partial charge in [0.2, 0.25) is 11.8 Å². The third-order valence-electron chi connectivity index (χ3n) is 6.10. The Kier molecular flexibility index (Phi) is 6.98. The van der Waals surface area contributed by atoms with Gasteiger partial charge >= 0.3 is 5.97 Å². The van der Waals surface area contributed by atoms with E-state index in [1.165, 1.54) is 18.2 Å². The zero-order valence-corrected chi connectivity index (χ0v) is 18.6. The Morgan fingerprint density at radius 3 is 2.64 bits per heavy atom. The van der Waals surface area contributed by atoms with Gasteiger partial charge in [-0.3, -0.25) is 14.4 Å². The molecule has 2 aliphatic rings. The number of allylic oxidation sites excluding steroid dienone is 1. The molecular formula is C26H27N3O4. The number of likely N-dealkylation sites (tertiary alicyclic amines) is 1. The zero-order valence-electron chi connectivity index (χ0n) is 18.6. The number of nitrogens with zero attached hydrogens (tertiary/aromatic N) is 2. The Hall–Kier alpha value is -3.74. The molecule has 1 aliphatic carbocycles. The van der Waals surface area contributed by atoms with Crippen molar-refractivity contribution in [2.45, 2.75) is 19.3 Å². The predicted molar refractivity (Wildman–Crippen MR) is 126 cm³/mol. The van der Waals surface area contributed by atoms with E-state index in [0.29, 0.717) is 17.7 Å². The molecule has 2 heterocycles. The van der Waals surface area contributed by atoms with E-state index >= 15 is 0 Å².